The first-order valence-electron chi connectivity index (χ1n) is 7.31. The van der Waals surface area contributed by atoms with E-state index in [2.05, 4.69) is 9.46 Å². The molecule has 0 amide bonds. The molecule has 136 valence electrons. The van der Waals surface area contributed by atoms with Gasteiger partial charge in [-0.2, -0.15) is 11.8 Å². The number of alkyl halides is 3. The Kier molecular flexibility index (Phi) is 6.79. The van der Waals surface area contributed by atoms with Gasteiger partial charge in [-0.3, -0.25) is 0 Å². The fourth-order valence-corrected chi connectivity index (χ4v) is 4.39. The number of nitrogens with one attached hydrogen (secondary N) is 1. The minimum absolute atomic E-state index is 0.104. The van der Waals surface area contributed by atoms with Crippen LogP contribution in [0.5, 0.6) is 5.75 Å². The third kappa shape index (κ3) is 6.50. The van der Waals surface area contributed by atoms with Crippen LogP contribution in [0.1, 0.15) is 12.8 Å². The van der Waals surface area contributed by atoms with Gasteiger partial charge in [-0.15, -0.1) is 13.2 Å². The highest BCUT2D eigenvalue weighted by molar-refractivity contribution is 8.00. The quantitative estimate of drug-likeness (QED) is 0.732. The van der Waals surface area contributed by atoms with Crippen LogP contribution in [-0.2, 0) is 14.8 Å². The summed E-state index contributed by atoms with van der Waals surface area (Å²) in [5.74, 6) is 0.163. The fourth-order valence-electron chi connectivity index (χ4n) is 2.15. The molecule has 1 aliphatic rings. The van der Waals surface area contributed by atoms with Crippen LogP contribution in [0.3, 0.4) is 0 Å². The van der Waals surface area contributed by atoms with Crippen LogP contribution in [0.15, 0.2) is 29.2 Å². The number of hydrogen-bond acceptors (Lipinski definition) is 5. The average molecular weight is 385 g/mol. The summed E-state index contributed by atoms with van der Waals surface area (Å²) < 4.78 is 71.8. The van der Waals surface area contributed by atoms with Gasteiger partial charge in [0.15, 0.2) is 0 Å². The monoisotopic (exact) mass is 385 g/mol. The Morgan fingerprint density at radius 2 is 1.83 bits per heavy atom. The summed E-state index contributed by atoms with van der Waals surface area (Å²) in [7, 11) is -3.75. The van der Waals surface area contributed by atoms with Crippen LogP contribution in [-0.4, -0.2) is 45.5 Å². The standard InChI is InChI=1S/C14H18F3NO4S2/c15-14(16,17)22-11-1-3-13(4-2-11)24(19,20)18-7-10-23-12-5-8-21-9-6-12/h1-4,12,18H,5-10H2. The van der Waals surface area contributed by atoms with Gasteiger partial charge in [0.05, 0.1) is 4.90 Å². The molecule has 0 aromatic heterocycles. The van der Waals surface area contributed by atoms with E-state index in [1.165, 1.54) is 0 Å². The van der Waals surface area contributed by atoms with Gasteiger partial charge < -0.3 is 9.47 Å². The zero-order valence-corrected chi connectivity index (χ0v) is 14.3. The molecule has 1 saturated heterocycles. The predicted molar refractivity (Wildman–Crippen MR) is 84.6 cm³/mol. The van der Waals surface area contributed by atoms with Gasteiger partial charge in [0.25, 0.3) is 0 Å². The largest absolute Gasteiger partial charge is 0.573 e. The van der Waals surface area contributed by atoms with Crippen molar-refractivity contribution in [2.24, 2.45) is 0 Å². The Hall–Kier alpha value is -0.970. The van der Waals surface area contributed by atoms with Crippen LogP contribution in [0.25, 0.3) is 0 Å². The molecule has 0 spiro atoms. The van der Waals surface area contributed by atoms with E-state index in [1.54, 1.807) is 11.8 Å². The molecule has 2 rings (SSSR count). The number of ether oxygens (including phenoxy) is 2. The maximum Gasteiger partial charge on any atom is 0.573 e. The SMILES string of the molecule is O=S(=O)(NCCSC1CCOCC1)c1ccc(OC(F)(F)F)cc1. The zero-order chi connectivity index (χ0) is 17.6. The summed E-state index contributed by atoms with van der Waals surface area (Å²) in [4.78, 5) is -0.104. The van der Waals surface area contributed by atoms with Crippen LogP contribution >= 0.6 is 11.8 Å². The van der Waals surface area contributed by atoms with Crippen LogP contribution < -0.4 is 9.46 Å². The van der Waals surface area contributed by atoms with E-state index in [1.807, 2.05) is 0 Å². The highest BCUT2D eigenvalue weighted by Crippen LogP contribution is 2.24. The van der Waals surface area contributed by atoms with Gasteiger partial charge in [-0.25, -0.2) is 13.1 Å². The Morgan fingerprint density at radius 1 is 1.21 bits per heavy atom. The fraction of sp³-hybridized carbons (Fsp3) is 0.571. The van der Waals surface area contributed by atoms with Gasteiger partial charge in [0.1, 0.15) is 5.75 Å². The molecule has 0 radical (unpaired) electrons. The number of rotatable bonds is 7. The van der Waals surface area contributed by atoms with Crippen molar-refractivity contribution in [1.82, 2.24) is 4.72 Å². The van der Waals surface area contributed by atoms with Crippen LogP contribution in [0.4, 0.5) is 13.2 Å². The molecule has 10 heteroatoms. The Morgan fingerprint density at radius 3 is 2.42 bits per heavy atom. The van der Waals surface area contributed by atoms with E-state index in [4.69, 9.17) is 4.74 Å². The van der Waals surface area contributed by atoms with Gasteiger partial charge in [-0.05, 0) is 37.1 Å². The summed E-state index contributed by atoms with van der Waals surface area (Å²) in [6.45, 7) is 1.72. The average Bonchev–Trinajstić information content (AvgIpc) is 2.52. The van der Waals surface area contributed by atoms with Crippen molar-refractivity contribution in [3.8, 4) is 5.75 Å². The van der Waals surface area contributed by atoms with Gasteiger partial charge in [-0.1, -0.05) is 0 Å². The van der Waals surface area contributed by atoms with Crippen molar-refractivity contribution in [2.75, 3.05) is 25.5 Å². The number of benzene rings is 1. The second kappa shape index (κ2) is 8.41. The Balaban J connectivity index is 1.81. The molecule has 5 nitrogen and oxygen atoms in total. The van der Waals surface area contributed by atoms with Crippen molar-refractivity contribution >= 4 is 21.8 Å². The molecule has 0 atom stereocenters. The number of thioether (sulfide) groups is 1. The predicted octanol–water partition coefficient (Wildman–Crippen LogP) is 2.78. The maximum absolute atomic E-state index is 12.1. The third-order valence-corrected chi connectivity index (χ3v) is 6.14. The lowest BCUT2D eigenvalue weighted by Crippen LogP contribution is -2.27. The van der Waals surface area contributed by atoms with Crippen molar-refractivity contribution in [2.45, 2.75) is 29.3 Å². The highest BCUT2D eigenvalue weighted by Gasteiger charge is 2.31. The summed E-state index contributed by atoms with van der Waals surface area (Å²) in [6.07, 6.45) is -2.89. The molecular formula is C14H18F3NO4S2. The molecule has 0 aliphatic carbocycles. The normalized spacial score (nSPS) is 17.0. The number of halogens is 3. The third-order valence-electron chi connectivity index (χ3n) is 3.28. The van der Waals surface area contributed by atoms with E-state index in [-0.39, 0.29) is 11.4 Å². The molecule has 1 fully saturated rings. The van der Waals surface area contributed by atoms with Gasteiger partial charge >= 0.3 is 6.36 Å². The summed E-state index contributed by atoms with van der Waals surface area (Å²) in [6, 6.07) is 4.10. The number of hydrogen-bond donors (Lipinski definition) is 1. The van der Waals surface area contributed by atoms with Gasteiger partial charge in [0.2, 0.25) is 10.0 Å². The molecule has 0 bridgehead atoms. The summed E-state index contributed by atoms with van der Waals surface area (Å²) in [5, 5.41) is 0.474. The smallest absolute Gasteiger partial charge is 0.406 e. The molecular weight excluding hydrogens is 367 g/mol. The first kappa shape index (κ1) is 19.4. The second-order valence-electron chi connectivity index (χ2n) is 5.10. The first-order valence-corrected chi connectivity index (χ1v) is 9.84. The second-order valence-corrected chi connectivity index (χ2v) is 8.27. The number of sulfonamides is 1. The van der Waals surface area contributed by atoms with E-state index in [9.17, 15) is 21.6 Å². The molecule has 1 aromatic carbocycles. The minimum Gasteiger partial charge on any atom is -0.406 e. The topological polar surface area (TPSA) is 64.6 Å². The van der Waals surface area contributed by atoms with Crippen molar-refractivity contribution in [1.29, 1.82) is 0 Å². The minimum atomic E-state index is -4.81. The van der Waals surface area contributed by atoms with Crippen molar-refractivity contribution < 1.29 is 31.1 Å². The van der Waals surface area contributed by atoms with E-state index in [0.717, 1.165) is 50.3 Å². The zero-order valence-electron chi connectivity index (χ0n) is 12.7. The van der Waals surface area contributed by atoms with E-state index >= 15 is 0 Å². The lowest BCUT2D eigenvalue weighted by atomic mass is 10.2. The highest BCUT2D eigenvalue weighted by atomic mass is 32.2. The molecule has 1 N–H and O–H groups in total. The molecule has 1 aliphatic heterocycles. The molecule has 0 unspecified atom stereocenters. The maximum atomic E-state index is 12.1. The van der Waals surface area contributed by atoms with Crippen LogP contribution in [0, 0.1) is 0 Å². The van der Waals surface area contributed by atoms with E-state index < -0.39 is 22.1 Å². The lowest BCUT2D eigenvalue weighted by molar-refractivity contribution is -0.274. The summed E-state index contributed by atoms with van der Waals surface area (Å²) >= 11 is 1.69. The summed E-state index contributed by atoms with van der Waals surface area (Å²) in [5.41, 5.74) is 0. The molecule has 24 heavy (non-hydrogen) atoms. The van der Waals surface area contributed by atoms with Crippen LogP contribution in [0.2, 0.25) is 0 Å². The first-order chi connectivity index (χ1) is 11.3. The van der Waals surface area contributed by atoms with Crippen molar-refractivity contribution in [3.63, 3.8) is 0 Å². The molecule has 1 aromatic rings. The Bertz CT molecular complexity index is 614. The van der Waals surface area contributed by atoms with Gasteiger partial charge in [0, 0.05) is 30.8 Å². The van der Waals surface area contributed by atoms with Crippen molar-refractivity contribution in [3.05, 3.63) is 24.3 Å². The lowest BCUT2D eigenvalue weighted by Gasteiger charge is -2.21. The molecule has 0 saturated carbocycles. The Labute approximate surface area is 143 Å². The van der Waals surface area contributed by atoms with E-state index in [0.29, 0.717) is 11.0 Å². The molecule has 1 heterocycles.